The molecule has 0 aromatic carbocycles. The van der Waals surface area contributed by atoms with Crippen LogP contribution in [0.2, 0.25) is 0 Å². The van der Waals surface area contributed by atoms with Gasteiger partial charge >= 0.3 is 12.1 Å². The van der Waals surface area contributed by atoms with Crippen LogP contribution in [0.5, 0.6) is 0 Å². The van der Waals surface area contributed by atoms with Crippen LogP contribution in [0.4, 0.5) is 13.2 Å². The Bertz CT molecular complexity index is 142. The Hall–Kier alpha value is -1.27. The van der Waals surface area contributed by atoms with Gasteiger partial charge in [0.2, 0.25) is 6.41 Å². The second-order valence-electron chi connectivity index (χ2n) is 1.12. The zero-order valence-corrected chi connectivity index (χ0v) is 4.44. The van der Waals surface area contributed by atoms with Gasteiger partial charge in [-0.25, -0.2) is 4.79 Å². The first kappa shape index (κ1) is 8.73. The first-order valence-corrected chi connectivity index (χ1v) is 1.95. The summed E-state index contributed by atoms with van der Waals surface area (Å²) in [6.45, 7) is 0. The van der Waals surface area contributed by atoms with Crippen molar-refractivity contribution in [3.05, 3.63) is 0 Å². The maximum absolute atomic E-state index is 11.1. The van der Waals surface area contributed by atoms with Crippen LogP contribution in [0.15, 0.2) is 0 Å². The van der Waals surface area contributed by atoms with Crippen molar-refractivity contribution in [2.45, 2.75) is 6.18 Å². The molecule has 0 heterocycles. The van der Waals surface area contributed by atoms with E-state index < -0.39 is 12.1 Å². The van der Waals surface area contributed by atoms with Crippen LogP contribution in [-0.4, -0.2) is 18.6 Å². The molecular formula is C3H2F3NO3. The molecule has 1 amide bonds. The molecule has 4 nitrogen and oxygen atoms in total. The van der Waals surface area contributed by atoms with E-state index >= 15 is 0 Å². The Morgan fingerprint density at radius 1 is 1.50 bits per heavy atom. The number of nitrogens with one attached hydrogen (secondary N) is 1. The van der Waals surface area contributed by atoms with E-state index in [0.29, 0.717) is 0 Å². The molecule has 0 bridgehead atoms. The van der Waals surface area contributed by atoms with Crippen LogP contribution in [-0.2, 0) is 14.4 Å². The van der Waals surface area contributed by atoms with Crippen molar-refractivity contribution in [2.75, 3.05) is 0 Å². The molecule has 0 unspecified atom stereocenters. The zero-order valence-electron chi connectivity index (χ0n) is 4.44. The molecule has 1 N–H and O–H groups in total. The van der Waals surface area contributed by atoms with E-state index in [-0.39, 0.29) is 6.41 Å². The third-order valence-electron chi connectivity index (χ3n) is 0.431. The lowest BCUT2D eigenvalue weighted by molar-refractivity contribution is -0.206. The maximum atomic E-state index is 11.1. The van der Waals surface area contributed by atoms with E-state index in [4.69, 9.17) is 0 Å². The highest BCUT2D eigenvalue weighted by Gasteiger charge is 2.41. The zero-order chi connectivity index (χ0) is 8.20. The minimum absolute atomic E-state index is 0.191. The molecular weight excluding hydrogens is 155 g/mol. The summed E-state index contributed by atoms with van der Waals surface area (Å²) in [4.78, 5) is 22.1. The highest BCUT2D eigenvalue weighted by Crippen LogP contribution is 2.15. The van der Waals surface area contributed by atoms with E-state index in [1.165, 1.54) is 0 Å². The number of carbonyl (C=O) groups is 2. The summed E-state index contributed by atoms with van der Waals surface area (Å²) in [6, 6.07) is 0. The number of amides is 1. The number of alkyl halides is 3. The molecule has 7 heteroatoms. The Morgan fingerprint density at radius 3 is 2.30 bits per heavy atom. The van der Waals surface area contributed by atoms with Crippen molar-refractivity contribution in [1.82, 2.24) is 5.48 Å². The Kier molecular flexibility index (Phi) is 2.65. The second kappa shape index (κ2) is 3.04. The van der Waals surface area contributed by atoms with Gasteiger partial charge in [0.25, 0.3) is 0 Å². The lowest BCUT2D eigenvalue weighted by Gasteiger charge is -2.02. The summed E-state index contributed by atoms with van der Waals surface area (Å²) < 4.78 is 33.4. The molecule has 0 aliphatic heterocycles. The van der Waals surface area contributed by atoms with Crippen LogP contribution in [0.3, 0.4) is 0 Å². The smallest absolute Gasteiger partial charge is 0.333 e. The molecule has 0 saturated heterocycles. The van der Waals surface area contributed by atoms with Crippen LogP contribution >= 0.6 is 0 Å². The summed E-state index contributed by atoms with van der Waals surface area (Å²) in [7, 11) is 0. The number of halogens is 3. The monoisotopic (exact) mass is 157 g/mol. The number of hydrogen-bond acceptors (Lipinski definition) is 3. The van der Waals surface area contributed by atoms with Crippen molar-refractivity contribution in [2.24, 2.45) is 0 Å². The standard InChI is InChI=1S/C3H2F3NO3/c4-3(5,6)2(9)10-7-1-8/h1H,(H,7,8). The quantitative estimate of drug-likeness (QED) is 0.444. The molecule has 0 saturated carbocycles. The lowest BCUT2D eigenvalue weighted by atomic mass is 10.7. The summed E-state index contributed by atoms with van der Waals surface area (Å²) in [5.41, 5.74) is 1.10. The molecule has 0 radical (unpaired) electrons. The van der Waals surface area contributed by atoms with Crippen molar-refractivity contribution >= 4 is 12.4 Å². The highest BCUT2D eigenvalue weighted by molar-refractivity contribution is 5.76. The van der Waals surface area contributed by atoms with Gasteiger partial charge in [-0.1, -0.05) is 0 Å². The molecule has 0 aromatic heterocycles. The van der Waals surface area contributed by atoms with Gasteiger partial charge in [-0.2, -0.15) is 18.7 Å². The molecule has 10 heavy (non-hydrogen) atoms. The van der Waals surface area contributed by atoms with Gasteiger partial charge in [-0.05, 0) is 0 Å². The van der Waals surface area contributed by atoms with E-state index in [9.17, 15) is 22.8 Å². The second-order valence-corrected chi connectivity index (χ2v) is 1.12. The Balaban J connectivity index is 3.74. The van der Waals surface area contributed by atoms with Gasteiger partial charge in [-0.3, -0.25) is 4.79 Å². The Morgan fingerprint density at radius 2 is 2.00 bits per heavy atom. The molecule has 0 fully saturated rings. The third kappa shape index (κ3) is 2.90. The molecule has 0 aliphatic carbocycles. The van der Waals surface area contributed by atoms with Gasteiger partial charge in [-0.15, -0.1) is 0 Å². The average molecular weight is 157 g/mol. The van der Waals surface area contributed by atoms with Gasteiger partial charge in [0.1, 0.15) is 0 Å². The predicted octanol–water partition coefficient (Wildman–Crippen LogP) is -0.247. The van der Waals surface area contributed by atoms with Crippen molar-refractivity contribution in [1.29, 1.82) is 0 Å². The van der Waals surface area contributed by atoms with Crippen molar-refractivity contribution in [3.63, 3.8) is 0 Å². The van der Waals surface area contributed by atoms with Crippen molar-refractivity contribution < 1.29 is 27.6 Å². The fourth-order valence-electron chi connectivity index (χ4n) is 0.135. The summed E-state index contributed by atoms with van der Waals surface area (Å²) >= 11 is 0. The SMILES string of the molecule is O=CNOC(=O)C(F)(F)F. The minimum atomic E-state index is -5.07. The van der Waals surface area contributed by atoms with Crippen LogP contribution in [0, 0.1) is 0 Å². The van der Waals surface area contributed by atoms with Gasteiger partial charge in [0.15, 0.2) is 0 Å². The normalized spacial score (nSPS) is 10.3. The van der Waals surface area contributed by atoms with E-state index in [2.05, 4.69) is 4.84 Å². The fraction of sp³-hybridized carbons (Fsp3) is 0.333. The van der Waals surface area contributed by atoms with E-state index in [0.717, 1.165) is 5.48 Å². The van der Waals surface area contributed by atoms with E-state index in [1.54, 1.807) is 0 Å². The molecule has 0 aliphatic rings. The van der Waals surface area contributed by atoms with Crippen LogP contribution < -0.4 is 5.48 Å². The topological polar surface area (TPSA) is 55.4 Å². The number of hydrogen-bond donors (Lipinski definition) is 1. The van der Waals surface area contributed by atoms with Gasteiger partial charge in [0.05, 0.1) is 0 Å². The highest BCUT2D eigenvalue weighted by atomic mass is 19.4. The first-order chi connectivity index (χ1) is 4.48. The van der Waals surface area contributed by atoms with Gasteiger partial charge in [0, 0.05) is 0 Å². The fourth-order valence-corrected chi connectivity index (χ4v) is 0.135. The lowest BCUT2D eigenvalue weighted by Crippen LogP contribution is -2.30. The molecule has 0 spiro atoms. The summed E-state index contributed by atoms with van der Waals surface area (Å²) in [5.74, 6) is -2.46. The van der Waals surface area contributed by atoms with Crippen LogP contribution in [0.1, 0.15) is 0 Å². The number of carbonyl (C=O) groups excluding carboxylic acids is 2. The van der Waals surface area contributed by atoms with Gasteiger partial charge < -0.3 is 4.84 Å². The van der Waals surface area contributed by atoms with E-state index in [1.807, 2.05) is 0 Å². The van der Waals surface area contributed by atoms with Crippen molar-refractivity contribution in [3.8, 4) is 0 Å². The summed E-state index contributed by atoms with van der Waals surface area (Å²) in [6.07, 6.45) is -5.26. The first-order valence-electron chi connectivity index (χ1n) is 1.95. The predicted molar refractivity (Wildman–Crippen MR) is 21.3 cm³/mol. The minimum Gasteiger partial charge on any atom is -0.333 e. The average Bonchev–Trinajstić information content (AvgIpc) is 1.80. The third-order valence-corrected chi connectivity index (χ3v) is 0.431. The number of hydroxylamine groups is 1. The molecule has 0 aromatic rings. The maximum Gasteiger partial charge on any atom is 0.493 e. The Labute approximate surface area is 52.9 Å². The largest absolute Gasteiger partial charge is 0.493 e. The molecule has 58 valence electrons. The summed E-state index contributed by atoms with van der Waals surface area (Å²) in [5, 5.41) is 0. The van der Waals surface area contributed by atoms with Crippen LogP contribution in [0.25, 0.3) is 0 Å². The number of rotatable bonds is 2. The molecule has 0 atom stereocenters. The molecule has 0 rings (SSSR count).